The Kier molecular flexibility index (Phi) is 3.85. The van der Waals surface area contributed by atoms with Gasteiger partial charge in [0.25, 0.3) is 0 Å². The second-order valence-corrected chi connectivity index (χ2v) is 4.50. The van der Waals surface area contributed by atoms with Crippen molar-refractivity contribution in [1.82, 2.24) is 5.32 Å². The minimum absolute atomic E-state index is 0.662. The highest BCUT2D eigenvalue weighted by molar-refractivity contribution is 5.23. The molecule has 0 aromatic carbocycles. The van der Waals surface area contributed by atoms with Crippen LogP contribution in [-0.2, 0) is 0 Å². The highest BCUT2D eigenvalue weighted by Gasteiger charge is 2.22. The van der Waals surface area contributed by atoms with Gasteiger partial charge in [0.2, 0.25) is 0 Å². The zero-order valence-electron chi connectivity index (χ0n) is 9.65. The molecule has 16 heavy (non-hydrogen) atoms. The van der Waals surface area contributed by atoms with E-state index in [1.54, 1.807) is 0 Å². The monoisotopic (exact) mass is 213 g/mol. The van der Waals surface area contributed by atoms with Crippen LogP contribution >= 0.6 is 0 Å². The van der Waals surface area contributed by atoms with Gasteiger partial charge in [0, 0.05) is 11.9 Å². The maximum atomic E-state index is 3.67. The van der Waals surface area contributed by atoms with E-state index < -0.39 is 0 Å². The molecule has 2 atom stereocenters. The SMILES string of the molecule is C=C=CC1CCCC(C2=CC=CC=CN2)C1. The maximum Gasteiger partial charge on any atom is 0.0178 e. The second kappa shape index (κ2) is 5.58. The van der Waals surface area contributed by atoms with Crippen molar-refractivity contribution in [3.63, 3.8) is 0 Å². The first-order valence-corrected chi connectivity index (χ1v) is 6.06. The van der Waals surface area contributed by atoms with E-state index in [9.17, 15) is 0 Å². The molecule has 0 bridgehead atoms. The van der Waals surface area contributed by atoms with Crippen molar-refractivity contribution < 1.29 is 0 Å². The molecule has 0 amide bonds. The van der Waals surface area contributed by atoms with E-state index in [4.69, 9.17) is 0 Å². The summed E-state index contributed by atoms with van der Waals surface area (Å²) in [5.74, 6) is 1.32. The van der Waals surface area contributed by atoms with Crippen molar-refractivity contribution in [2.75, 3.05) is 0 Å². The number of rotatable bonds is 2. The van der Waals surface area contributed by atoms with E-state index in [1.807, 2.05) is 12.3 Å². The van der Waals surface area contributed by atoms with Crippen molar-refractivity contribution in [3.05, 3.63) is 54.6 Å². The van der Waals surface area contributed by atoms with Crippen molar-refractivity contribution in [2.24, 2.45) is 11.8 Å². The minimum atomic E-state index is 0.662. The first-order valence-electron chi connectivity index (χ1n) is 6.06. The molecule has 1 saturated carbocycles. The van der Waals surface area contributed by atoms with Gasteiger partial charge in [-0.15, -0.1) is 5.73 Å². The van der Waals surface area contributed by atoms with Crippen molar-refractivity contribution >= 4 is 0 Å². The van der Waals surface area contributed by atoms with Crippen molar-refractivity contribution in [1.29, 1.82) is 0 Å². The van der Waals surface area contributed by atoms with Gasteiger partial charge in [-0.2, -0.15) is 0 Å². The van der Waals surface area contributed by atoms with Crippen LogP contribution in [0.4, 0.5) is 0 Å². The summed E-state index contributed by atoms with van der Waals surface area (Å²) in [7, 11) is 0. The number of nitrogens with one attached hydrogen (secondary N) is 1. The Bertz CT molecular complexity index is 367. The number of allylic oxidation sites excluding steroid dienone is 6. The third-order valence-electron chi connectivity index (χ3n) is 3.35. The van der Waals surface area contributed by atoms with Crippen LogP contribution in [0, 0.1) is 11.8 Å². The average molecular weight is 213 g/mol. The number of hydrogen-bond donors (Lipinski definition) is 1. The lowest BCUT2D eigenvalue weighted by Gasteiger charge is -2.28. The van der Waals surface area contributed by atoms with E-state index in [-0.39, 0.29) is 0 Å². The molecule has 0 aromatic heterocycles. The summed E-state index contributed by atoms with van der Waals surface area (Å²) in [6.07, 6.45) is 17.7. The summed E-state index contributed by atoms with van der Waals surface area (Å²) in [6, 6.07) is 0. The predicted molar refractivity (Wildman–Crippen MR) is 68.7 cm³/mol. The molecule has 0 spiro atoms. The predicted octanol–water partition coefficient (Wildman–Crippen LogP) is 3.69. The van der Waals surface area contributed by atoms with Gasteiger partial charge in [-0.05, 0) is 49.3 Å². The second-order valence-electron chi connectivity index (χ2n) is 4.50. The van der Waals surface area contributed by atoms with Crippen LogP contribution in [0.5, 0.6) is 0 Å². The molecule has 1 aliphatic carbocycles. The molecular weight excluding hydrogens is 194 g/mol. The lowest BCUT2D eigenvalue weighted by atomic mass is 9.79. The molecule has 1 aliphatic heterocycles. The van der Waals surface area contributed by atoms with Crippen LogP contribution < -0.4 is 5.32 Å². The normalized spacial score (nSPS) is 28.6. The molecule has 0 saturated heterocycles. The lowest BCUT2D eigenvalue weighted by Crippen LogP contribution is -2.21. The summed E-state index contributed by atoms with van der Waals surface area (Å²) in [5, 5.41) is 3.38. The first-order chi connectivity index (χ1) is 7.90. The molecule has 1 heterocycles. The van der Waals surface area contributed by atoms with E-state index >= 15 is 0 Å². The Balaban J connectivity index is 2.03. The molecule has 1 fully saturated rings. The fraction of sp³-hybridized carbons (Fsp3) is 0.400. The molecule has 0 aromatic rings. The van der Waals surface area contributed by atoms with E-state index in [0.717, 1.165) is 0 Å². The first kappa shape index (κ1) is 11.0. The van der Waals surface area contributed by atoms with Gasteiger partial charge in [0.15, 0.2) is 0 Å². The van der Waals surface area contributed by atoms with Crippen LogP contribution in [0.15, 0.2) is 54.6 Å². The largest absolute Gasteiger partial charge is 0.365 e. The molecular formula is C15H19N. The van der Waals surface area contributed by atoms with Crippen LogP contribution in [-0.4, -0.2) is 0 Å². The zero-order chi connectivity index (χ0) is 11.2. The quantitative estimate of drug-likeness (QED) is 0.690. The fourth-order valence-electron chi connectivity index (χ4n) is 2.55. The van der Waals surface area contributed by atoms with Gasteiger partial charge in [-0.25, -0.2) is 0 Å². The summed E-state index contributed by atoms with van der Waals surface area (Å²) >= 11 is 0. The average Bonchev–Trinajstić information content (AvgIpc) is 2.58. The Hall–Kier alpha value is -1.46. The highest BCUT2D eigenvalue weighted by atomic mass is 14.9. The molecule has 0 radical (unpaired) electrons. The Morgan fingerprint density at radius 1 is 1.31 bits per heavy atom. The molecule has 1 N–H and O–H groups in total. The third-order valence-corrected chi connectivity index (χ3v) is 3.35. The highest BCUT2D eigenvalue weighted by Crippen LogP contribution is 2.33. The maximum absolute atomic E-state index is 3.67. The van der Waals surface area contributed by atoms with E-state index in [1.165, 1.54) is 31.4 Å². The Morgan fingerprint density at radius 3 is 3.12 bits per heavy atom. The summed E-state index contributed by atoms with van der Waals surface area (Å²) in [4.78, 5) is 0. The molecule has 1 heteroatoms. The molecule has 2 unspecified atom stereocenters. The summed E-state index contributed by atoms with van der Waals surface area (Å²) in [6.45, 7) is 3.67. The van der Waals surface area contributed by atoms with Gasteiger partial charge >= 0.3 is 0 Å². The van der Waals surface area contributed by atoms with Crippen LogP contribution in [0.1, 0.15) is 25.7 Å². The van der Waals surface area contributed by atoms with Gasteiger partial charge in [0.1, 0.15) is 0 Å². The van der Waals surface area contributed by atoms with Crippen LogP contribution in [0.2, 0.25) is 0 Å². The summed E-state index contributed by atoms with van der Waals surface area (Å²) in [5.41, 5.74) is 4.28. The van der Waals surface area contributed by atoms with Gasteiger partial charge < -0.3 is 5.32 Å². The Labute approximate surface area is 97.9 Å². The third kappa shape index (κ3) is 2.77. The van der Waals surface area contributed by atoms with Crippen LogP contribution in [0.25, 0.3) is 0 Å². The van der Waals surface area contributed by atoms with Crippen LogP contribution in [0.3, 0.4) is 0 Å². The minimum Gasteiger partial charge on any atom is -0.365 e. The van der Waals surface area contributed by atoms with E-state index in [2.05, 4.69) is 41.9 Å². The molecule has 84 valence electrons. The molecule has 1 nitrogen and oxygen atoms in total. The van der Waals surface area contributed by atoms with E-state index in [0.29, 0.717) is 11.8 Å². The van der Waals surface area contributed by atoms with Gasteiger partial charge in [-0.1, -0.05) is 25.2 Å². The van der Waals surface area contributed by atoms with Crippen molar-refractivity contribution in [2.45, 2.75) is 25.7 Å². The standard InChI is InChI=1S/C15H19N/c1-2-7-13-8-6-9-14(12-13)15-10-4-3-5-11-16-15/h3-5,7,10-11,13-14,16H,1,6,8-9,12H2. The van der Waals surface area contributed by atoms with Gasteiger partial charge in [0.05, 0.1) is 0 Å². The van der Waals surface area contributed by atoms with Crippen molar-refractivity contribution in [3.8, 4) is 0 Å². The number of hydrogen-bond acceptors (Lipinski definition) is 1. The summed E-state index contributed by atoms with van der Waals surface area (Å²) < 4.78 is 0. The Morgan fingerprint density at radius 2 is 2.25 bits per heavy atom. The topological polar surface area (TPSA) is 12.0 Å². The zero-order valence-corrected chi connectivity index (χ0v) is 9.65. The molecule has 2 aliphatic rings. The fourth-order valence-corrected chi connectivity index (χ4v) is 2.55. The molecule has 2 rings (SSSR count). The smallest absolute Gasteiger partial charge is 0.0178 e. The lowest BCUT2D eigenvalue weighted by molar-refractivity contribution is 0.333. The van der Waals surface area contributed by atoms with Gasteiger partial charge in [-0.3, -0.25) is 0 Å².